The monoisotopic (exact) mass is 373 g/mol. The van der Waals surface area contributed by atoms with Crippen LogP contribution in [0.15, 0.2) is 0 Å². The summed E-state index contributed by atoms with van der Waals surface area (Å²) in [5.41, 5.74) is 0. The van der Waals surface area contributed by atoms with Gasteiger partial charge in [-0.2, -0.15) is 0 Å². The summed E-state index contributed by atoms with van der Waals surface area (Å²) in [7, 11) is 0. The van der Waals surface area contributed by atoms with Gasteiger partial charge in [0.05, 0.1) is 0 Å². The number of hydrogen-bond donors (Lipinski definition) is 0. The van der Waals surface area contributed by atoms with Gasteiger partial charge in [-0.3, -0.25) is 0 Å². The van der Waals surface area contributed by atoms with Crippen LogP contribution in [-0.2, 0) is 0 Å². The van der Waals surface area contributed by atoms with Crippen molar-refractivity contribution in [1.29, 1.82) is 0 Å². The summed E-state index contributed by atoms with van der Waals surface area (Å²) in [5.74, 6) is 0. The molecular formula is CHSn3. The third-order valence-corrected chi connectivity index (χ3v) is 0. The van der Waals surface area contributed by atoms with Crippen LogP contribution < -0.4 is 0 Å². The molecule has 0 unspecified atom stereocenters. The van der Waals surface area contributed by atoms with Crippen LogP contribution in [0.25, 0.3) is 0 Å². The fourth-order valence-corrected chi connectivity index (χ4v) is 0. The van der Waals surface area contributed by atoms with E-state index in [0.29, 0.717) is 0 Å². The Morgan fingerprint density at radius 1 is 1.00 bits per heavy atom. The standard InChI is InChI=1S/CH.3Sn/h1H;;;. The second-order valence-corrected chi connectivity index (χ2v) is 19.5. The molecule has 0 atom stereocenters. The first-order valence-electron chi connectivity index (χ1n) is 0.866. The molecule has 17 valence electrons. The van der Waals surface area contributed by atoms with Crippen molar-refractivity contribution in [2.24, 2.45) is 0 Å². The molecule has 0 N–H and O–H groups in total. The van der Waals surface area contributed by atoms with Crippen molar-refractivity contribution in [3.63, 3.8) is 0 Å². The van der Waals surface area contributed by atoms with Gasteiger partial charge in [0.2, 0.25) is 0 Å². The van der Waals surface area contributed by atoms with Crippen LogP contribution in [0.1, 0.15) is 0 Å². The molecule has 0 aromatic carbocycles. The molecular weight excluding hydrogens is 368 g/mol. The maximum absolute atomic E-state index is 1.72. The number of hydrogen-bond acceptors (Lipinski definition) is 0. The van der Waals surface area contributed by atoms with Crippen LogP contribution in [0.3, 0.4) is 0 Å². The normalized spacial score (nSPS) is 9.00. The van der Waals surface area contributed by atoms with Crippen molar-refractivity contribution in [3.8, 4) is 0 Å². The van der Waals surface area contributed by atoms with E-state index in [9.17, 15) is 0 Å². The second kappa shape index (κ2) is 3.58. The van der Waals surface area contributed by atoms with E-state index in [1.165, 1.54) is 0 Å². The van der Waals surface area contributed by atoms with E-state index in [4.69, 9.17) is 0 Å². The van der Waals surface area contributed by atoms with E-state index < -0.39 is 0 Å². The Hall–Kier alpha value is 2.40. The van der Waals surface area contributed by atoms with Crippen LogP contribution in [0, 0.1) is 0 Å². The van der Waals surface area contributed by atoms with E-state index in [2.05, 4.69) is 0 Å². The van der Waals surface area contributed by atoms with Gasteiger partial charge < -0.3 is 0 Å². The Morgan fingerprint density at radius 3 is 1.00 bits per heavy atom. The first-order chi connectivity index (χ1) is 1.73. The minimum atomic E-state index is 1.10. The first-order valence-corrected chi connectivity index (χ1v) is 5.81. The average molecular weight is 369 g/mol. The molecule has 0 nitrogen and oxygen atoms in total. The molecule has 0 bridgehead atoms. The predicted octanol–water partition coefficient (Wildman–Crippen LogP) is -0.805. The maximum atomic E-state index is 1.72. The average Bonchev–Trinajstić information content (AvgIpc) is 0.811. The quantitative estimate of drug-likeness (QED) is 0.491. The first kappa shape index (κ1) is 6.40. The van der Waals surface area contributed by atoms with Gasteiger partial charge in [0.25, 0.3) is 0 Å². The Labute approximate surface area is 66.4 Å². The van der Waals surface area contributed by atoms with E-state index >= 15 is 0 Å². The molecule has 0 saturated carbocycles. The summed E-state index contributed by atoms with van der Waals surface area (Å²) in [4.78, 5) is 0. The zero-order valence-corrected chi connectivity index (χ0v) is 10.6. The topological polar surface area (TPSA) is 0 Å². The van der Waals surface area contributed by atoms with Crippen molar-refractivity contribution >= 4 is 67.6 Å². The molecule has 0 heterocycles. The van der Waals surface area contributed by atoms with E-state index in [-0.39, 0.29) is 0 Å². The minimum absolute atomic E-state index is 1.10. The van der Waals surface area contributed by atoms with Crippen molar-refractivity contribution in [3.05, 3.63) is 0 Å². The summed E-state index contributed by atoms with van der Waals surface area (Å²) in [5, 5.41) is 0. The molecule has 0 rings (SSSR count). The van der Waals surface area contributed by atoms with Crippen LogP contribution in [-0.4, -0.2) is 67.6 Å². The summed E-state index contributed by atoms with van der Waals surface area (Å²) >= 11 is 5.15. The Morgan fingerprint density at radius 2 is 1.00 bits per heavy atom. The van der Waals surface area contributed by atoms with Crippen LogP contribution in [0.2, 0.25) is -0.0343 Å². The van der Waals surface area contributed by atoms with Crippen molar-refractivity contribution in [2.75, 3.05) is 0 Å². The fraction of sp³-hybridized carbons (Fsp3) is 1.00. The van der Waals surface area contributed by atoms with Gasteiger partial charge in [-0.05, 0) is 0 Å². The second-order valence-electron chi connectivity index (χ2n) is 0.433. The zero-order valence-electron chi connectivity index (χ0n) is 2.08. The van der Waals surface area contributed by atoms with E-state index in [0.717, 1.165) is -0.0343 Å². The van der Waals surface area contributed by atoms with Gasteiger partial charge in [-0.25, -0.2) is 0 Å². The van der Waals surface area contributed by atoms with Crippen molar-refractivity contribution in [2.45, 2.75) is -0.0343 Å². The molecule has 0 spiro atoms. The SMILES string of the molecule is [Sn][CH]([Sn])[Sn]. The summed E-state index contributed by atoms with van der Waals surface area (Å²) in [6, 6.07) is 0. The predicted molar refractivity (Wildman–Crippen MR) is 21.0 cm³/mol. The fourth-order valence-electron chi connectivity index (χ4n) is 0. The van der Waals surface area contributed by atoms with Gasteiger partial charge >= 0.3 is 67.5 Å². The van der Waals surface area contributed by atoms with E-state index in [1.54, 1.807) is 67.6 Å². The van der Waals surface area contributed by atoms with Crippen LogP contribution >= 0.6 is 0 Å². The molecule has 0 amide bonds. The summed E-state index contributed by atoms with van der Waals surface area (Å²) < 4.78 is 1.10. The Balaban J connectivity index is 2.32. The molecule has 9 radical (unpaired) electrons. The molecule has 0 aromatic heterocycles. The van der Waals surface area contributed by atoms with Gasteiger partial charge in [0.1, 0.15) is 0 Å². The molecule has 0 aliphatic rings. The van der Waals surface area contributed by atoms with Gasteiger partial charge in [0.15, 0.2) is 0 Å². The van der Waals surface area contributed by atoms with Crippen LogP contribution in [0.4, 0.5) is 0 Å². The molecule has 0 saturated heterocycles. The molecule has 4 heavy (non-hydrogen) atoms. The molecule has 3 heteroatoms. The molecule has 0 aliphatic heterocycles. The van der Waals surface area contributed by atoms with Gasteiger partial charge in [-0.15, -0.1) is 0 Å². The summed E-state index contributed by atoms with van der Waals surface area (Å²) in [6.45, 7) is 0. The zero-order chi connectivity index (χ0) is 3.58. The van der Waals surface area contributed by atoms with E-state index in [1.807, 2.05) is 0 Å². The Bertz CT molecular complexity index is 8.00. The van der Waals surface area contributed by atoms with Crippen molar-refractivity contribution < 1.29 is 0 Å². The third kappa shape index (κ3) is 8.83. The molecule has 0 aromatic rings. The molecule has 0 fully saturated rings. The Kier molecular flexibility index (Phi) is 5.73. The van der Waals surface area contributed by atoms with Crippen LogP contribution in [0.5, 0.6) is 0 Å². The van der Waals surface area contributed by atoms with Gasteiger partial charge in [-0.1, -0.05) is 0 Å². The summed E-state index contributed by atoms with van der Waals surface area (Å²) in [6.07, 6.45) is 0. The third-order valence-electron chi connectivity index (χ3n) is 0. The van der Waals surface area contributed by atoms with Gasteiger partial charge in [0, 0.05) is 0 Å². The number of rotatable bonds is 0. The van der Waals surface area contributed by atoms with Crippen molar-refractivity contribution in [1.82, 2.24) is 0 Å². The molecule has 0 aliphatic carbocycles.